The van der Waals surface area contributed by atoms with Crippen LogP contribution in [0, 0.1) is 0 Å². The number of aliphatic hydroxyl groups is 3. The van der Waals surface area contributed by atoms with E-state index in [4.69, 9.17) is 5.11 Å². The zero-order chi connectivity index (χ0) is 13.8. The summed E-state index contributed by atoms with van der Waals surface area (Å²) in [6, 6.07) is 8.90. The van der Waals surface area contributed by atoms with Gasteiger partial charge in [-0.3, -0.25) is 9.80 Å². The van der Waals surface area contributed by atoms with E-state index >= 15 is 0 Å². The summed E-state index contributed by atoms with van der Waals surface area (Å²) in [5, 5.41) is 29.6. The van der Waals surface area contributed by atoms with Gasteiger partial charge in [0.2, 0.25) is 0 Å². The SMILES string of the molecule is O=C1[C@@H](O)[C@H](O)[C@H](CO)NN1CCc1ccccc1. The average molecular weight is 266 g/mol. The molecule has 1 saturated heterocycles. The Morgan fingerprint density at radius 3 is 2.53 bits per heavy atom. The normalized spacial score (nSPS) is 27.6. The van der Waals surface area contributed by atoms with Crippen molar-refractivity contribution < 1.29 is 20.1 Å². The summed E-state index contributed by atoms with van der Waals surface area (Å²) in [7, 11) is 0. The molecule has 1 aromatic carbocycles. The average Bonchev–Trinajstić information content (AvgIpc) is 2.45. The number of nitrogens with zero attached hydrogens (tertiary/aromatic N) is 1. The van der Waals surface area contributed by atoms with Crippen LogP contribution in [0.3, 0.4) is 0 Å². The topological polar surface area (TPSA) is 93.0 Å². The van der Waals surface area contributed by atoms with Gasteiger partial charge in [-0.2, -0.15) is 0 Å². The van der Waals surface area contributed by atoms with Gasteiger partial charge in [-0.05, 0) is 12.0 Å². The van der Waals surface area contributed by atoms with Crippen LogP contribution >= 0.6 is 0 Å². The second-order valence-electron chi connectivity index (χ2n) is 4.58. The molecule has 1 fully saturated rings. The molecule has 0 aromatic heterocycles. The van der Waals surface area contributed by atoms with Gasteiger partial charge in [-0.25, -0.2) is 5.43 Å². The molecule has 1 aromatic rings. The van der Waals surface area contributed by atoms with Crippen LogP contribution in [0.5, 0.6) is 0 Å². The van der Waals surface area contributed by atoms with Gasteiger partial charge in [0.1, 0.15) is 6.10 Å². The van der Waals surface area contributed by atoms with Gasteiger partial charge in [0, 0.05) is 6.54 Å². The third kappa shape index (κ3) is 3.10. The lowest BCUT2D eigenvalue weighted by Gasteiger charge is -2.38. The molecule has 104 valence electrons. The van der Waals surface area contributed by atoms with E-state index in [0.717, 1.165) is 5.56 Å². The second kappa shape index (κ2) is 6.12. The number of hydrazine groups is 1. The number of carbonyl (C=O) groups excluding carboxylic acids is 1. The van der Waals surface area contributed by atoms with Gasteiger partial charge in [0.25, 0.3) is 5.91 Å². The minimum absolute atomic E-state index is 0.354. The van der Waals surface area contributed by atoms with E-state index < -0.39 is 24.2 Å². The van der Waals surface area contributed by atoms with Crippen molar-refractivity contribution in [3.05, 3.63) is 35.9 Å². The fourth-order valence-corrected chi connectivity index (χ4v) is 2.08. The van der Waals surface area contributed by atoms with Crippen LogP contribution in [0.25, 0.3) is 0 Å². The number of hydrogen-bond donors (Lipinski definition) is 4. The van der Waals surface area contributed by atoms with E-state index in [9.17, 15) is 15.0 Å². The molecule has 6 nitrogen and oxygen atoms in total. The van der Waals surface area contributed by atoms with E-state index in [0.29, 0.717) is 13.0 Å². The van der Waals surface area contributed by atoms with Crippen LogP contribution in [-0.4, -0.2) is 57.6 Å². The summed E-state index contributed by atoms with van der Waals surface area (Å²) in [6.07, 6.45) is -2.15. The van der Waals surface area contributed by atoms with Crippen LogP contribution in [0.4, 0.5) is 0 Å². The smallest absolute Gasteiger partial charge is 0.268 e. The van der Waals surface area contributed by atoms with Crippen molar-refractivity contribution in [2.75, 3.05) is 13.2 Å². The molecule has 1 aliphatic rings. The number of aliphatic hydroxyl groups excluding tert-OH is 3. The molecule has 0 unspecified atom stereocenters. The highest BCUT2D eigenvalue weighted by molar-refractivity contribution is 5.81. The monoisotopic (exact) mass is 266 g/mol. The minimum Gasteiger partial charge on any atom is -0.395 e. The molecule has 0 radical (unpaired) electrons. The lowest BCUT2D eigenvalue weighted by molar-refractivity contribution is -0.164. The molecule has 0 spiro atoms. The van der Waals surface area contributed by atoms with Crippen molar-refractivity contribution in [3.63, 3.8) is 0 Å². The van der Waals surface area contributed by atoms with Crippen molar-refractivity contribution in [3.8, 4) is 0 Å². The molecule has 1 amide bonds. The molecule has 1 heterocycles. The van der Waals surface area contributed by atoms with Crippen LogP contribution in [-0.2, 0) is 11.2 Å². The maximum atomic E-state index is 11.8. The van der Waals surface area contributed by atoms with E-state index in [1.165, 1.54) is 5.01 Å². The Labute approximate surface area is 111 Å². The first-order valence-electron chi connectivity index (χ1n) is 6.22. The van der Waals surface area contributed by atoms with Gasteiger partial charge in [-0.1, -0.05) is 30.3 Å². The van der Waals surface area contributed by atoms with Crippen LogP contribution < -0.4 is 5.43 Å². The molecule has 1 aliphatic heterocycles. The first-order valence-corrected chi connectivity index (χ1v) is 6.22. The summed E-state index contributed by atoms with van der Waals surface area (Å²) in [5.41, 5.74) is 3.79. The third-order valence-corrected chi connectivity index (χ3v) is 3.24. The third-order valence-electron chi connectivity index (χ3n) is 3.24. The van der Waals surface area contributed by atoms with Crippen LogP contribution in [0.2, 0.25) is 0 Å². The first kappa shape index (κ1) is 14.0. The number of benzene rings is 1. The molecular weight excluding hydrogens is 248 g/mol. The highest BCUT2D eigenvalue weighted by Gasteiger charge is 2.40. The predicted molar refractivity (Wildman–Crippen MR) is 67.9 cm³/mol. The Morgan fingerprint density at radius 2 is 1.89 bits per heavy atom. The number of rotatable bonds is 4. The highest BCUT2D eigenvalue weighted by Crippen LogP contribution is 2.11. The van der Waals surface area contributed by atoms with Crippen molar-refractivity contribution in [1.82, 2.24) is 10.4 Å². The van der Waals surface area contributed by atoms with Crippen LogP contribution in [0.15, 0.2) is 30.3 Å². The lowest BCUT2D eigenvalue weighted by Crippen LogP contribution is -2.66. The summed E-state index contributed by atoms with van der Waals surface area (Å²) >= 11 is 0. The van der Waals surface area contributed by atoms with Crippen molar-refractivity contribution in [2.24, 2.45) is 0 Å². The van der Waals surface area contributed by atoms with Crippen LogP contribution in [0.1, 0.15) is 5.56 Å². The molecular formula is C13H18N2O4. The summed E-state index contributed by atoms with van der Waals surface area (Å²) in [5.74, 6) is -0.576. The van der Waals surface area contributed by atoms with Crippen molar-refractivity contribution in [1.29, 1.82) is 0 Å². The fraction of sp³-hybridized carbons (Fsp3) is 0.462. The molecule has 2 rings (SSSR count). The first-order chi connectivity index (χ1) is 9.13. The predicted octanol–water partition coefficient (Wildman–Crippen LogP) is -1.34. The molecule has 0 bridgehead atoms. The van der Waals surface area contributed by atoms with E-state index in [1.807, 2.05) is 30.3 Å². The van der Waals surface area contributed by atoms with Gasteiger partial charge < -0.3 is 15.3 Å². The summed E-state index contributed by atoms with van der Waals surface area (Å²) in [4.78, 5) is 11.8. The van der Waals surface area contributed by atoms with E-state index in [-0.39, 0.29) is 6.61 Å². The van der Waals surface area contributed by atoms with E-state index in [1.54, 1.807) is 0 Å². The minimum atomic E-state index is -1.49. The van der Waals surface area contributed by atoms with Gasteiger partial charge >= 0.3 is 0 Å². The molecule has 0 saturated carbocycles. The summed E-state index contributed by atoms with van der Waals surface area (Å²) < 4.78 is 0. The Hall–Kier alpha value is -1.47. The number of carbonyl (C=O) groups is 1. The Balaban J connectivity index is 1.97. The molecule has 3 atom stereocenters. The quantitative estimate of drug-likeness (QED) is 0.541. The Kier molecular flexibility index (Phi) is 4.49. The highest BCUT2D eigenvalue weighted by atomic mass is 16.3. The summed E-state index contributed by atoms with van der Waals surface area (Å²) in [6.45, 7) is 0.0104. The lowest BCUT2D eigenvalue weighted by atomic mass is 10.0. The standard InChI is InChI=1S/C13H18N2O4/c16-8-10-11(17)12(18)13(19)15(14-10)7-6-9-4-2-1-3-5-9/h1-5,10-12,14,16-18H,6-8H2/t10-,11+,12-/m0/s1. The fourth-order valence-electron chi connectivity index (χ4n) is 2.08. The maximum Gasteiger partial charge on any atom is 0.268 e. The molecule has 19 heavy (non-hydrogen) atoms. The second-order valence-corrected chi connectivity index (χ2v) is 4.58. The number of nitrogens with one attached hydrogen (secondary N) is 1. The van der Waals surface area contributed by atoms with Crippen molar-refractivity contribution in [2.45, 2.75) is 24.7 Å². The maximum absolute atomic E-state index is 11.8. The van der Waals surface area contributed by atoms with Crippen molar-refractivity contribution >= 4 is 5.91 Å². The van der Waals surface area contributed by atoms with E-state index in [2.05, 4.69) is 5.43 Å². The van der Waals surface area contributed by atoms with Gasteiger partial charge in [-0.15, -0.1) is 0 Å². The largest absolute Gasteiger partial charge is 0.395 e. The number of amides is 1. The van der Waals surface area contributed by atoms with Gasteiger partial charge in [0.05, 0.1) is 12.6 Å². The zero-order valence-electron chi connectivity index (χ0n) is 10.4. The molecule has 6 heteroatoms. The molecule has 0 aliphatic carbocycles. The Bertz CT molecular complexity index is 426. The molecule has 4 N–H and O–H groups in total. The van der Waals surface area contributed by atoms with Gasteiger partial charge in [0.15, 0.2) is 6.10 Å². The number of hydrogen-bond acceptors (Lipinski definition) is 5. The Morgan fingerprint density at radius 1 is 1.21 bits per heavy atom. The zero-order valence-corrected chi connectivity index (χ0v) is 10.4.